The molecule has 4 rings (SSSR count). The Labute approximate surface area is 187 Å². The first-order valence-corrected chi connectivity index (χ1v) is 10.5. The molecule has 0 aliphatic carbocycles. The predicted octanol–water partition coefficient (Wildman–Crippen LogP) is 2.23. The lowest BCUT2D eigenvalue weighted by Gasteiger charge is -2.32. The number of ether oxygens (including phenoxy) is 2. The van der Waals surface area contributed by atoms with Crippen molar-refractivity contribution in [3.8, 4) is 0 Å². The van der Waals surface area contributed by atoms with E-state index >= 15 is 0 Å². The van der Waals surface area contributed by atoms with Crippen LogP contribution < -0.4 is 5.32 Å². The van der Waals surface area contributed by atoms with Crippen molar-refractivity contribution in [1.82, 2.24) is 20.2 Å². The van der Waals surface area contributed by atoms with Crippen LogP contribution in [0.3, 0.4) is 0 Å². The normalized spacial score (nSPS) is 19.6. The maximum atomic E-state index is 13.7. The van der Waals surface area contributed by atoms with Crippen LogP contribution in [0.2, 0.25) is 0 Å². The Morgan fingerprint density at radius 1 is 1.32 bits per heavy atom. The average molecular weight is 490 g/mol. The second-order valence-corrected chi connectivity index (χ2v) is 7.87. The van der Waals surface area contributed by atoms with E-state index in [1.54, 1.807) is 24.5 Å². The Morgan fingerprint density at radius 2 is 2.06 bits per heavy atom. The molecule has 10 heteroatoms. The summed E-state index contributed by atoms with van der Waals surface area (Å²) in [6.07, 6.45) is 3.24. The van der Waals surface area contributed by atoms with Gasteiger partial charge in [-0.1, -0.05) is 22.0 Å². The number of carbonyl (C=O) groups is 1. The van der Waals surface area contributed by atoms with Gasteiger partial charge in [-0.25, -0.2) is 19.2 Å². The fourth-order valence-electron chi connectivity index (χ4n) is 3.54. The van der Waals surface area contributed by atoms with Gasteiger partial charge in [0, 0.05) is 42.2 Å². The Hall–Kier alpha value is -2.69. The summed E-state index contributed by atoms with van der Waals surface area (Å²) in [6, 6.07) is 5.29. The van der Waals surface area contributed by atoms with E-state index in [2.05, 4.69) is 36.1 Å². The van der Waals surface area contributed by atoms with Gasteiger partial charge >= 0.3 is 5.97 Å². The summed E-state index contributed by atoms with van der Waals surface area (Å²) in [5, 5.41) is 3.24. The molecule has 1 N–H and O–H groups in total. The number of morpholine rings is 1. The highest BCUT2D eigenvalue weighted by atomic mass is 79.9. The van der Waals surface area contributed by atoms with Crippen LogP contribution in [0.4, 0.5) is 4.39 Å². The van der Waals surface area contributed by atoms with Crippen LogP contribution in [-0.2, 0) is 14.3 Å². The molecule has 0 saturated carbocycles. The van der Waals surface area contributed by atoms with Crippen molar-refractivity contribution < 1.29 is 18.7 Å². The summed E-state index contributed by atoms with van der Waals surface area (Å²) < 4.78 is 24.8. The number of rotatable bonds is 5. The van der Waals surface area contributed by atoms with Crippen LogP contribution in [0.25, 0.3) is 0 Å². The second-order valence-electron chi connectivity index (χ2n) is 7.02. The highest BCUT2D eigenvalue weighted by molar-refractivity contribution is 9.10. The predicted molar refractivity (Wildman–Crippen MR) is 115 cm³/mol. The molecular formula is C21H21BrFN5O3. The molecule has 1 aromatic heterocycles. The number of nitrogens with zero attached hydrogens (tertiary/aromatic N) is 4. The summed E-state index contributed by atoms with van der Waals surface area (Å²) in [7, 11) is 1.33. The SMILES string of the molecule is COC(=O)C1=C(CN2CCOCC2)NC(c2ncccn2)=NC1c1ccc(F)cc1Br. The summed E-state index contributed by atoms with van der Waals surface area (Å²) >= 11 is 3.41. The Kier molecular flexibility index (Phi) is 6.69. The van der Waals surface area contributed by atoms with Gasteiger partial charge in [-0.15, -0.1) is 0 Å². The number of benzene rings is 1. The van der Waals surface area contributed by atoms with Gasteiger partial charge < -0.3 is 14.8 Å². The van der Waals surface area contributed by atoms with Crippen molar-refractivity contribution >= 4 is 27.7 Å². The molecule has 3 heterocycles. The number of halogens is 2. The van der Waals surface area contributed by atoms with Gasteiger partial charge in [0.1, 0.15) is 11.9 Å². The lowest BCUT2D eigenvalue weighted by molar-refractivity contribution is -0.136. The molecule has 0 amide bonds. The highest BCUT2D eigenvalue weighted by Gasteiger charge is 2.34. The number of hydrogen-bond acceptors (Lipinski definition) is 8. The van der Waals surface area contributed by atoms with Gasteiger partial charge in [-0.3, -0.25) is 9.89 Å². The first-order valence-electron chi connectivity index (χ1n) is 9.75. The minimum atomic E-state index is -0.724. The quantitative estimate of drug-likeness (QED) is 0.644. The topological polar surface area (TPSA) is 88.9 Å². The third kappa shape index (κ3) is 4.81. The van der Waals surface area contributed by atoms with Crippen molar-refractivity contribution in [1.29, 1.82) is 0 Å². The van der Waals surface area contributed by atoms with E-state index in [0.717, 1.165) is 13.1 Å². The van der Waals surface area contributed by atoms with E-state index in [-0.39, 0.29) is 0 Å². The Bertz CT molecular complexity index is 1020. The van der Waals surface area contributed by atoms with Gasteiger partial charge in [-0.2, -0.15) is 0 Å². The Balaban J connectivity index is 1.82. The van der Waals surface area contributed by atoms with E-state index < -0.39 is 17.8 Å². The molecule has 0 bridgehead atoms. The van der Waals surface area contributed by atoms with Crippen LogP contribution in [0.1, 0.15) is 17.4 Å². The highest BCUT2D eigenvalue weighted by Crippen LogP contribution is 2.36. The van der Waals surface area contributed by atoms with Crippen molar-refractivity contribution in [3.63, 3.8) is 0 Å². The summed E-state index contributed by atoms with van der Waals surface area (Å²) in [5.41, 5.74) is 1.64. The molecule has 1 atom stereocenters. The summed E-state index contributed by atoms with van der Waals surface area (Å²) in [5.74, 6) is -0.0714. The number of aliphatic imine (C=N–C) groups is 1. The number of esters is 1. The minimum Gasteiger partial charge on any atom is -0.466 e. The standard InChI is InChI=1S/C21H21BrFN5O3/c1-30-21(29)17-16(12-28-7-9-31-10-8-28)26-20(19-24-5-2-6-25-19)27-18(17)14-4-3-13(23)11-15(14)22/h2-6,11,18H,7-10,12H2,1H3,(H,26,27). The lowest BCUT2D eigenvalue weighted by atomic mass is 9.95. The maximum absolute atomic E-state index is 13.7. The number of hydrogen-bond donors (Lipinski definition) is 1. The van der Waals surface area contributed by atoms with E-state index in [1.165, 1.54) is 19.2 Å². The van der Waals surface area contributed by atoms with Crippen LogP contribution in [0, 0.1) is 5.82 Å². The number of carbonyl (C=O) groups excluding carboxylic acids is 1. The third-order valence-electron chi connectivity index (χ3n) is 5.05. The van der Waals surface area contributed by atoms with Crippen LogP contribution >= 0.6 is 15.9 Å². The van der Waals surface area contributed by atoms with Crippen LogP contribution in [0.15, 0.2) is 57.4 Å². The average Bonchev–Trinajstić information content (AvgIpc) is 2.79. The number of methoxy groups -OCH3 is 1. The molecule has 1 fully saturated rings. The fraction of sp³-hybridized carbons (Fsp3) is 0.333. The molecule has 0 radical (unpaired) electrons. The van der Waals surface area contributed by atoms with Crippen molar-refractivity contribution in [2.75, 3.05) is 40.0 Å². The van der Waals surface area contributed by atoms with Crippen molar-refractivity contribution in [3.05, 3.63) is 69.6 Å². The molecule has 8 nitrogen and oxygen atoms in total. The molecule has 0 spiro atoms. The van der Waals surface area contributed by atoms with Gasteiger partial charge in [0.05, 0.1) is 25.9 Å². The molecule has 2 aliphatic heterocycles. The zero-order chi connectivity index (χ0) is 21.8. The molecular weight excluding hydrogens is 469 g/mol. The largest absolute Gasteiger partial charge is 0.466 e. The van der Waals surface area contributed by atoms with Gasteiger partial charge in [0.25, 0.3) is 0 Å². The van der Waals surface area contributed by atoms with Crippen LogP contribution in [-0.4, -0.2) is 66.6 Å². The first kappa shape index (κ1) is 21.5. The molecule has 1 saturated heterocycles. The van der Waals surface area contributed by atoms with Gasteiger partial charge in [0.2, 0.25) is 0 Å². The van der Waals surface area contributed by atoms with E-state index in [9.17, 15) is 9.18 Å². The van der Waals surface area contributed by atoms with Gasteiger partial charge in [0.15, 0.2) is 11.7 Å². The third-order valence-corrected chi connectivity index (χ3v) is 5.74. The van der Waals surface area contributed by atoms with E-state index in [0.29, 0.717) is 52.7 Å². The molecule has 1 aromatic carbocycles. The number of aromatic nitrogens is 2. The Morgan fingerprint density at radius 3 is 2.74 bits per heavy atom. The second kappa shape index (κ2) is 9.63. The molecule has 2 aromatic rings. The minimum absolute atomic E-state index is 0.362. The van der Waals surface area contributed by atoms with Crippen molar-refractivity contribution in [2.45, 2.75) is 6.04 Å². The number of nitrogens with one attached hydrogen (secondary N) is 1. The van der Waals surface area contributed by atoms with Crippen LogP contribution in [0.5, 0.6) is 0 Å². The summed E-state index contributed by atoms with van der Waals surface area (Å²) in [4.78, 5) is 28.4. The zero-order valence-electron chi connectivity index (χ0n) is 16.8. The summed E-state index contributed by atoms with van der Waals surface area (Å²) in [6.45, 7) is 3.18. The molecule has 162 valence electrons. The lowest BCUT2D eigenvalue weighted by Crippen LogP contribution is -2.43. The zero-order valence-corrected chi connectivity index (χ0v) is 18.4. The smallest absolute Gasteiger partial charge is 0.338 e. The molecule has 2 aliphatic rings. The molecule has 1 unspecified atom stereocenters. The maximum Gasteiger partial charge on any atom is 0.338 e. The van der Waals surface area contributed by atoms with Crippen molar-refractivity contribution in [2.24, 2.45) is 4.99 Å². The molecule has 31 heavy (non-hydrogen) atoms. The van der Waals surface area contributed by atoms with E-state index in [1.807, 2.05) is 0 Å². The van der Waals surface area contributed by atoms with Gasteiger partial charge in [-0.05, 0) is 23.8 Å². The van der Waals surface area contributed by atoms with E-state index in [4.69, 9.17) is 14.5 Å². The monoisotopic (exact) mass is 489 g/mol. The fourth-order valence-corrected chi connectivity index (χ4v) is 4.10. The first-order chi connectivity index (χ1) is 15.1. The number of amidine groups is 1.